The highest BCUT2D eigenvalue weighted by Crippen LogP contribution is 2.18. The highest BCUT2D eigenvalue weighted by atomic mass is 16.6. The lowest BCUT2D eigenvalue weighted by Gasteiger charge is -1.98. The van der Waals surface area contributed by atoms with Gasteiger partial charge >= 0.3 is 11.9 Å². The molecule has 2 aliphatic heterocycles. The predicted molar refractivity (Wildman–Crippen MR) is 102 cm³/mol. The van der Waals surface area contributed by atoms with E-state index < -0.39 is 0 Å². The number of ether oxygens (including phenoxy) is 2. The first-order chi connectivity index (χ1) is 12.6. The Morgan fingerprint density at radius 2 is 1.15 bits per heavy atom. The van der Waals surface area contributed by atoms with E-state index in [1.54, 1.807) is 0 Å². The van der Waals surface area contributed by atoms with Crippen LogP contribution in [0.15, 0.2) is 47.6 Å². The van der Waals surface area contributed by atoms with E-state index >= 15 is 0 Å². The van der Waals surface area contributed by atoms with Crippen molar-refractivity contribution in [2.24, 2.45) is 0 Å². The molecule has 0 fully saturated rings. The molecule has 0 N–H and O–H groups in total. The van der Waals surface area contributed by atoms with E-state index in [4.69, 9.17) is 9.47 Å². The lowest BCUT2D eigenvalue weighted by molar-refractivity contribution is -0.140. The van der Waals surface area contributed by atoms with Crippen LogP contribution in [0.1, 0.15) is 65.2 Å². The molecule has 0 aromatic rings. The van der Waals surface area contributed by atoms with E-state index in [0.29, 0.717) is 12.8 Å². The normalized spacial score (nSPS) is 22.8. The van der Waals surface area contributed by atoms with Gasteiger partial charge in [0, 0.05) is 11.1 Å². The van der Waals surface area contributed by atoms with Gasteiger partial charge in [0.2, 0.25) is 0 Å². The number of allylic oxidation sites excluding steroid dienone is 4. The average molecular weight is 358 g/mol. The van der Waals surface area contributed by atoms with Crippen molar-refractivity contribution in [1.82, 2.24) is 0 Å². The molecule has 142 valence electrons. The van der Waals surface area contributed by atoms with Crippen LogP contribution in [0.5, 0.6) is 0 Å². The molecule has 4 heteroatoms. The van der Waals surface area contributed by atoms with E-state index in [9.17, 15) is 9.59 Å². The van der Waals surface area contributed by atoms with Crippen LogP contribution in [-0.4, -0.2) is 24.1 Å². The maximum absolute atomic E-state index is 11.4. The minimum Gasteiger partial charge on any atom is -0.455 e. The number of carbonyl (C=O) groups is 2. The minimum absolute atomic E-state index is 0.0766. The van der Waals surface area contributed by atoms with Gasteiger partial charge in [-0.1, -0.05) is 37.1 Å². The van der Waals surface area contributed by atoms with Crippen LogP contribution < -0.4 is 0 Å². The van der Waals surface area contributed by atoms with Crippen LogP contribution in [0.4, 0.5) is 0 Å². The number of cyclic esters (lactones) is 2. The Hall–Kier alpha value is -2.10. The van der Waals surface area contributed by atoms with Crippen LogP contribution in [0.25, 0.3) is 0 Å². The first-order valence-electron chi connectivity index (χ1n) is 9.69. The summed E-state index contributed by atoms with van der Waals surface area (Å²) in [6.45, 7) is 3.76. The van der Waals surface area contributed by atoms with Gasteiger partial charge in [0.15, 0.2) is 0 Å². The maximum atomic E-state index is 11.4. The van der Waals surface area contributed by atoms with Crippen molar-refractivity contribution < 1.29 is 19.1 Å². The molecule has 0 saturated heterocycles. The summed E-state index contributed by atoms with van der Waals surface area (Å²) in [5.41, 5.74) is 1.55. The molecular formula is C22H30O4. The molecule has 0 radical (unpaired) electrons. The summed E-state index contributed by atoms with van der Waals surface area (Å²) in [5, 5.41) is 0. The fraction of sp³-hybridized carbons (Fsp3) is 0.545. The van der Waals surface area contributed by atoms with Crippen LogP contribution in [0, 0.1) is 0 Å². The van der Waals surface area contributed by atoms with Gasteiger partial charge in [0.1, 0.15) is 12.2 Å². The van der Waals surface area contributed by atoms with Gasteiger partial charge in [-0.15, -0.1) is 0 Å². The number of unbranched alkanes of at least 4 members (excludes halogenated alkanes) is 5. The molecular weight excluding hydrogens is 328 g/mol. The largest absolute Gasteiger partial charge is 0.455 e. The summed E-state index contributed by atoms with van der Waals surface area (Å²) in [4.78, 5) is 22.9. The topological polar surface area (TPSA) is 52.6 Å². The Balaban J connectivity index is 1.43. The molecule has 0 saturated carbocycles. The summed E-state index contributed by atoms with van der Waals surface area (Å²) >= 11 is 0. The van der Waals surface area contributed by atoms with E-state index in [0.717, 1.165) is 24.0 Å². The molecule has 0 bridgehead atoms. The Bertz CT molecular complexity index is 556. The Morgan fingerprint density at radius 1 is 0.731 bits per heavy atom. The molecule has 26 heavy (non-hydrogen) atoms. The van der Waals surface area contributed by atoms with Gasteiger partial charge in [-0.2, -0.15) is 0 Å². The van der Waals surface area contributed by atoms with Gasteiger partial charge in [-0.3, -0.25) is 0 Å². The Kier molecular flexibility index (Phi) is 8.39. The summed E-state index contributed by atoms with van der Waals surface area (Å²) in [6.07, 6.45) is 20.3. The molecule has 0 aromatic carbocycles. The van der Waals surface area contributed by atoms with E-state index in [1.165, 1.54) is 25.7 Å². The zero-order chi connectivity index (χ0) is 18.8. The van der Waals surface area contributed by atoms with Gasteiger partial charge < -0.3 is 9.47 Å². The van der Waals surface area contributed by atoms with Gasteiger partial charge in [0.05, 0.1) is 0 Å². The van der Waals surface area contributed by atoms with Crippen LogP contribution in [-0.2, 0) is 19.1 Å². The van der Waals surface area contributed by atoms with Gasteiger partial charge in [-0.05, 0) is 64.5 Å². The number of carbonyl (C=O) groups excluding carboxylic acids is 2. The van der Waals surface area contributed by atoms with Crippen molar-refractivity contribution in [3.8, 4) is 0 Å². The summed E-state index contributed by atoms with van der Waals surface area (Å²) < 4.78 is 10.1. The molecule has 0 spiro atoms. The molecule has 0 aromatic heterocycles. The standard InChI is InChI=1S/C22H30O4/c1-17-15-19(21(23)25-17)13-11-9-7-5-3-4-6-8-10-12-14-20-16-18(2)26-22(20)24/h9-12,15-18H,3-8,13-14H2,1-2H3/b11-9+,12-10+/t17-,18-/m0/s1. The fourth-order valence-corrected chi connectivity index (χ4v) is 3.10. The quantitative estimate of drug-likeness (QED) is 0.297. The number of esters is 2. The number of hydrogen-bond acceptors (Lipinski definition) is 4. The van der Waals surface area contributed by atoms with Crippen molar-refractivity contribution in [2.45, 2.75) is 77.4 Å². The van der Waals surface area contributed by atoms with E-state index in [-0.39, 0.29) is 24.1 Å². The average Bonchev–Trinajstić information content (AvgIpc) is 3.08. The first-order valence-corrected chi connectivity index (χ1v) is 9.69. The molecule has 0 unspecified atom stereocenters. The monoisotopic (exact) mass is 358 g/mol. The second kappa shape index (κ2) is 10.8. The minimum atomic E-state index is -0.175. The molecule has 2 aliphatic rings. The lowest BCUT2D eigenvalue weighted by atomic mass is 10.1. The van der Waals surface area contributed by atoms with Crippen molar-refractivity contribution >= 4 is 11.9 Å². The van der Waals surface area contributed by atoms with Gasteiger partial charge in [0.25, 0.3) is 0 Å². The predicted octanol–water partition coefficient (Wildman–Crippen LogP) is 4.96. The molecule has 2 rings (SSSR count). The molecule has 4 nitrogen and oxygen atoms in total. The molecule has 0 amide bonds. The van der Waals surface area contributed by atoms with Gasteiger partial charge in [-0.25, -0.2) is 9.59 Å². The van der Waals surface area contributed by atoms with Crippen LogP contribution in [0.2, 0.25) is 0 Å². The van der Waals surface area contributed by atoms with E-state index in [1.807, 2.05) is 26.0 Å². The van der Waals surface area contributed by atoms with Crippen LogP contribution >= 0.6 is 0 Å². The molecule has 0 aliphatic carbocycles. The third kappa shape index (κ3) is 7.03. The maximum Gasteiger partial charge on any atom is 0.334 e. The summed E-state index contributed by atoms with van der Waals surface area (Å²) in [7, 11) is 0. The highest BCUT2D eigenvalue weighted by Gasteiger charge is 2.21. The second-order valence-electron chi connectivity index (χ2n) is 6.95. The van der Waals surface area contributed by atoms with Crippen molar-refractivity contribution in [3.63, 3.8) is 0 Å². The summed E-state index contributed by atoms with van der Waals surface area (Å²) in [6, 6.07) is 0. The van der Waals surface area contributed by atoms with Crippen molar-refractivity contribution in [3.05, 3.63) is 47.6 Å². The highest BCUT2D eigenvalue weighted by molar-refractivity contribution is 5.91. The number of rotatable bonds is 11. The van der Waals surface area contributed by atoms with Crippen molar-refractivity contribution in [2.75, 3.05) is 0 Å². The van der Waals surface area contributed by atoms with Crippen molar-refractivity contribution in [1.29, 1.82) is 0 Å². The third-order valence-electron chi connectivity index (χ3n) is 4.48. The second-order valence-corrected chi connectivity index (χ2v) is 6.95. The van der Waals surface area contributed by atoms with Crippen LogP contribution in [0.3, 0.4) is 0 Å². The summed E-state index contributed by atoms with van der Waals surface area (Å²) in [5.74, 6) is -0.350. The SMILES string of the molecule is C[C@H]1C=C(C/C=C/CCCCCC/C=C/CC2=C[C@H](C)OC2=O)C(=O)O1. The Labute approximate surface area is 156 Å². The third-order valence-corrected chi connectivity index (χ3v) is 4.48. The first kappa shape index (κ1) is 20.2. The zero-order valence-electron chi connectivity index (χ0n) is 15.9. The lowest BCUT2D eigenvalue weighted by Crippen LogP contribution is -2.03. The zero-order valence-corrected chi connectivity index (χ0v) is 15.9. The molecule has 2 atom stereocenters. The molecule has 2 heterocycles. The fourth-order valence-electron chi connectivity index (χ4n) is 3.10. The van der Waals surface area contributed by atoms with E-state index in [2.05, 4.69) is 24.3 Å². The smallest absolute Gasteiger partial charge is 0.334 e. The Morgan fingerprint density at radius 3 is 1.50 bits per heavy atom. The number of hydrogen-bond donors (Lipinski definition) is 0.